The fourth-order valence-corrected chi connectivity index (χ4v) is 8.49. The zero-order valence-electron chi connectivity index (χ0n) is 33.4. The molecule has 61 heavy (non-hydrogen) atoms. The fourth-order valence-electron chi connectivity index (χ4n) is 8.49. The largest absolute Gasteiger partial charge is 0.309 e. The van der Waals surface area contributed by atoms with E-state index in [9.17, 15) is 0 Å². The van der Waals surface area contributed by atoms with Gasteiger partial charge in [0.05, 0.1) is 22.4 Å². The molecule has 11 aromatic rings. The molecule has 286 valence electrons. The Labute approximate surface area is 355 Å². The minimum atomic E-state index is 0.718. The number of para-hydroxylation sites is 2. The number of hydrogen-bond donors (Lipinski definition) is 0. The van der Waals surface area contributed by atoms with Crippen LogP contribution in [0.3, 0.4) is 0 Å². The molecule has 0 aliphatic carbocycles. The number of aromatic nitrogens is 3. The predicted octanol–water partition coefficient (Wildman–Crippen LogP) is 15.2. The lowest BCUT2D eigenvalue weighted by atomic mass is 9.95. The van der Waals surface area contributed by atoms with E-state index in [2.05, 4.69) is 205 Å². The van der Waals surface area contributed by atoms with Crippen molar-refractivity contribution < 1.29 is 0 Å². The summed E-state index contributed by atoms with van der Waals surface area (Å²) in [5.41, 5.74) is 18.0. The van der Waals surface area contributed by atoms with Crippen LogP contribution < -0.4 is 0 Å². The molecule has 0 bridgehead atoms. The maximum absolute atomic E-state index is 5.01. The van der Waals surface area contributed by atoms with Gasteiger partial charge in [0.25, 0.3) is 0 Å². The standard InChI is InChI=1S/C58H39N3/c1-3-12-46(13-4-1)54-39-55(60-58(59-54)48-14-5-2-6-15-48)47-32-30-42(31-33-47)40-22-26-44(27-23-40)49-16-11-17-50(38-49)45-28-24-41(25-29-45)43-34-36-51(37-35-43)61-56-20-9-7-18-52(56)53-19-8-10-21-57(53)61/h1-39H. The quantitative estimate of drug-likeness (QED) is 0.154. The molecule has 3 nitrogen and oxygen atoms in total. The first-order chi connectivity index (χ1) is 30.2. The van der Waals surface area contributed by atoms with Crippen molar-refractivity contribution in [1.82, 2.24) is 14.5 Å². The summed E-state index contributed by atoms with van der Waals surface area (Å²) in [6, 6.07) is 84.1. The van der Waals surface area contributed by atoms with Gasteiger partial charge in [0.2, 0.25) is 0 Å². The molecule has 2 aromatic heterocycles. The summed E-state index contributed by atoms with van der Waals surface area (Å²) >= 11 is 0. The van der Waals surface area contributed by atoms with E-state index < -0.39 is 0 Å². The molecule has 0 atom stereocenters. The Morgan fingerprint density at radius 1 is 0.246 bits per heavy atom. The third-order valence-electron chi connectivity index (χ3n) is 11.7. The van der Waals surface area contributed by atoms with Crippen LogP contribution in [-0.2, 0) is 0 Å². The van der Waals surface area contributed by atoms with Crippen molar-refractivity contribution in [3.05, 3.63) is 237 Å². The van der Waals surface area contributed by atoms with Gasteiger partial charge in [-0.2, -0.15) is 0 Å². The molecular formula is C58H39N3. The molecule has 0 fully saturated rings. The van der Waals surface area contributed by atoms with Gasteiger partial charge in [-0.15, -0.1) is 0 Å². The minimum Gasteiger partial charge on any atom is -0.309 e. The summed E-state index contributed by atoms with van der Waals surface area (Å²) in [4.78, 5) is 9.95. The monoisotopic (exact) mass is 777 g/mol. The summed E-state index contributed by atoms with van der Waals surface area (Å²) in [5.74, 6) is 0.718. The first kappa shape index (κ1) is 36.0. The zero-order valence-corrected chi connectivity index (χ0v) is 33.4. The number of rotatable bonds is 8. The normalized spacial score (nSPS) is 11.3. The Kier molecular flexibility index (Phi) is 9.18. The van der Waals surface area contributed by atoms with E-state index in [1.165, 1.54) is 60.8 Å². The van der Waals surface area contributed by atoms with E-state index in [4.69, 9.17) is 9.97 Å². The second-order valence-electron chi connectivity index (χ2n) is 15.4. The van der Waals surface area contributed by atoms with Crippen molar-refractivity contribution in [3.63, 3.8) is 0 Å². The molecule has 0 spiro atoms. The average Bonchev–Trinajstić information content (AvgIpc) is 3.69. The highest BCUT2D eigenvalue weighted by molar-refractivity contribution is 6.09. The van der Waals surface area contributed by atoms with Crippen LogP contribution in [0.4, 0.5) is 0 Å². The number of fused-ring (bicyclic) bond motifs is 3. The third kappa shape index (κ3) is 6.98. The lowest BCUT2D eigenvalue weighted by Crippen LogP contribution is -1.95. The summed E-state index contributed by atoms with van der Waals surface area (Å²) in [7, 11) is 0. The maximum Gasteiger partial charge on any atom is 0.160 e. The van der Waals surface area contributed by atoms with Crippen molar-refractivity contribution in [3.8, 4) is 84.1 Å². The van der Waals surface area contributed by atoms with E-state index >= 15 is 0 Å². The average molecular weight is 778 g/mol. The Morgan fingerprint density at radius 3 is 1.07 bits per heavy atom. The number of hydrogen-bond acceptors (Lipinski definition) is 2. The second kappa shape index (κ2) is 15.6. The van der Waals surface area contributed by atoms with Crippen LogP contribution >= 0.6 is 0 Å². The maximum atomic E-state index is 5.01. The highest BCUT2D eigenvalue weighted by atomic mass is 15.0. The van der Waals surface area contributed by atoms with Crippen molar-refractivity contribution in [2.75, 3.05) is 0 Å². The molecule has 0 unspecified atom stereocenters. The fraction of sp³-hybridized carbons (Fsp3) is 0. The van der Waals surface area contributed by atoms with Gasteiger partial charge in [0.15, 0.2) is 5.82 Å². The van der Waals surface area contributed by atoms with Gasteiger partial charge in [0.1, 0.15) is 0 Å². The van der Waals surface area contributed by atoms with Crippen LogP contribution in [-0.4, -0.2) is 14.5 Å². The van der Waals surface area contributed by atoms with Crippen LogP contribution in [0.15, 0.2) is 237 Å². The third-order valence-corrected chi connectivity index (χ3v) is 11.7. The van der Waals surface area contributed by atoms with Gasteiger partial charge in [-0.3, -0.25) is 0 Å². The Morgan fingerprint density at radius 2 is 0.590 bits per heavy atom. The molecule has 0 aliphatic heterocycles. The van der Waals surface area contributed by atoms with Crippen LogP contribution in [0, 0.1) is 0 Å². The predicted molar refractivity (Wildman–Crippen MR) is 254 cm³/mol. The topological polar surface area (TPSA) is 30.7 Å². The van der Waals surface area contributed by atoms with Gasteiger partial charge in [0, 0.05) is 33.2 Å². The van der Waals surface area contributed by atoms with Crippen molar-refractivity contribution in [1.29, 1.82) is 0 Å². The molecule has 3 heteroatoms. The Balaban J connectivity index is 0.810. The first-order valence-electron chi connectivity index (χ1n) is 20.7. The van der Waals surface area contributed by atoms with Gasteiger partial charge in [-0.25, -0.2) is 9.97 Å². The zero-order chi connectivity index (χ0) is 40.5. The number of nitrogens with zero attached hydrogens (tertiary/aromatic N) is 3. The van der Waals surface area contributed by atoms with Crippen molar-refractivity contribution >= 4 is 21.8 Å². The highest BCUT2D eigenvalue weighted by Crippen LogP contribution is 2.35. The SMILES string of the molecule is c1ccc(-c2cc(-c3ccc(-c4ccc(-c5cccc(-c6ccc(-c7ccc(-n8c9ccccc9c9ccccc98)cc7)cc6)c5)cc4)cc3)nc(-c3ccccc3)n2)cc1. The van der Waals surface area contributed by atoms with Gasteiger partial charge >= 0.3 is 0 Å². The molecule has 9 aromatic carbocycles. The van der Waals surface area contributed by atoms with Crippen LogP contribution in [0.2, 0.25) is 0 Å². The van der Waals surface area contributed by atoms with E-state index in [0.29, 0.717) is 0 Å². The Bertz CT molecular complexity index is 3180. The van der Waals surface area contributed by atoms with E-state index in [-0.39, 0.29) is 0 Å². The first-order valence-corrected chi connectivity index (χ1v) is 20.7. The van der Waals surface area contributed by atoms with E-state index in [1.807, 2.05) is 36.4 Å². The molecule has 0 saturated heterocycles. The molecule has 0 radical (unpaired) electrons. The lowest BCUT2D eigenvalue weighted by molar-refractivity contribution is 1.18. The van der Waals surface area contributed by atoms with Crippen molar-refractivity contribution in [2.24, 2.45) is 0 Å². The van der Waals surface area contributed by atoms with E-state index in [0.717, 1.165) is 45.2 Å². The Hall–Kier alpha value is -8.14. The van der Waals surface area contributed by atoms with Gasteiger partial charge in [-0.05, 0) is 80.9 Å². The van der Waals surface area contributed by atoms with Crippen LogP contribution in [0.1, 0.15) is 0 Å². The van der Waals surface area contributed by atoms with Crippen molar-refractivity contribution in [2.45, 2.75) is 0 Å². The van der Waals surface area contributed by atoms with Gasteiger partial charge in [-0.1, -0.05) is 200 Å². The summed E-state index contributed by atoms with van der Waals surface area (Å²) in [5, 5.41) is 2.55. The van der Waals surface area contributed by atoms with Crippen LogP contribution in [0.25, 0.3) is 106 Å². The summed E-state index contributed by atoms with van der Waals surface area (Å²) in [6.45, 7) is 0. The molecular weight excluding hydrogens is 739 g/mol. The number of benzene rings is 9. The molecule has 2 heterocycles. The molecule has 0 N–H and O–H groups in total. The van der Waals surface area contributed by atoms with Gasteiger partial charge < -0.3 is 4.57 Å². The second-order valence-corrected chi connectivity index (χ2v) is 15.4. The molecule has 0 aliphatic rings. The van der Waals surface area contributed by atoms with Crippen LogP contribution in [0.5, 0.6) is 0 Å². The minimum absolute atomic E-state index is 0.718. The van der Waals surface area contributed by atoms with E-state index in [1.54, 1.807) is 0 Å². The summed E-state index contributed by atoms with van der Waals surface area (Å²) in [6.07, 6.45) is 0. The molecule has 11 rings (SSSR count). The lowest BCUT2D eigenvalue weighted by Gasteiger charge is -2.11. The highest BCUT2D eigenvalue weighted by Gasteiger charge is 2.13. The molecule has 0 amide bonds. The summed E-state index contributed by atoms with van der Waals surface area (Å²) < 4.78 is 2.36. The smallest absolute Gasteiger partial charge is 0.160 e. The molecule has 0 saturated carbocycles.